The smallest absolute Gasteiger partial charge is 0.259 e. The lowest BCUT2D eigenvalue weighted by molar-refractivity contribution is -0.115. The van der Waals surface area contributed by atoms with Crippen LogP contribution in [0.2, 0.25) is 0 Å². The predicted octanol–water partition coefficient (Wildman–Crippen LogP) is 3.15. The second-order valence-electron chi connectivity index (χ2n) is 7.53. The topological polar surface area (TPSA) is 127 Å². The van der Waals surface area contributed by atoms with Gasteiger partial charge in [0.25, 0.3) is 5.91 Å². The molecule has 9 heteroatoms. The number of carbonyl (C=O) groups excluding carboxylic acids is 2. The molecule has 0 aliphatic heterocycles. The third kappa shape index (κ3) is 6.16. The molecular formula is C25H31N7O2. The first-order chi connectivity index (χ1) is 16.3. The van der Waals surface area contributed by atoms with Crippen molar-refractivity contribution in [3.05, 3.63) is 84.4 Å². The average molecular weight is 462 g/mol. The standard InChI is InChI=1S/C25H31N7O2/c1-7-16(4)17(5)21(10-19(8-2)30-24(33)9-3)31-25(34)20-13-29-32-15-22(28-14-23(20)32)18(11-26)12-27-6/h8-16H,2-3,7,26H2,1,4-6H3,(H,30,33)(H,31,34)/b18-11+,19-10+,21-17+,27-12?. The lowest BCUT2D eigenvalue weighted by Crippen LogP contribution is -2.26. The molecule has 4 N–H and O–H groups in total. The first-order valence-corrected chi connectivity index (χ1v) is 10.8. The highest BCUT2D eigenvalue weighted by Gasteiger charge is 2.17. The number of hydrogen-bond donors (Lipinski definition) is 3. The molecule has 178 valence electrons. The molecule has 0 aliphatic rings. The van der Waals surface area contributed by atoms with Gasteiger partial charge in [0, 0.05) is 36.4 Å². The van der Waals surface area contributed by atoms with Gasteiger partial charge in [-0.15, -0.1) is 0 Å². The molecule has 2 amide bonds. The number of aromatic nitrogens is 3. The van der Waals surface area contributed by atoms with Crippen molar-refractivity contribution in [2.24, 2.45) is 16.6 Å². The van der Waals surface area contributed by atoms with Gasteiger partial charge in [-0.25, -0.2) is 4.52 Å². The van der Waals surface area contributed by atoms with E-state index in [0.717, 1.165) is 12.0 Å². The molecule has 0 saturated heterocycles. The van der Waals surface area contributed by atoms with Crippen LogP contribution in [0, 0.1) is 5.92 Å². The molecule has 1 unspecified atom stereocenters. The van der Waals surface area contributed by atoms with Gasteiger partial charge in [-0.2, -0.15) is 5.10 Å². The van der Waals surface area contributed by atoms with E-state index in [-0.39, 0.29) is 17.7 Å². The van der Waals surface area contributed by atoms with Gasteiger partial charge >= 0.3 is 0 Å². The van der Waals surface area contributed by atoms with E-state index in [4.69, 9.17) is 5.73 Å². The number of fused-ring (bicyclic) bond motifs is 1. The Morgan fingerprint density at radius 1 is 1.26 bits per heavy atom. The van der Waals surface area contributed by atoms with Crippen molar-refractivity contribution in [3.63, 3.8) is 0 Å². The van der Waals surface area contributed by atoms with Crippen LogP contribution < -0.4 is 16.4 Å². The van der Waals surface area contributed by atoms with E-state index >= 15 is 0 Å². The van der Waals surface area contributed by atoms with Crippen LogP contribution in [0.3, 0.4) is 0 Å². The maximum absolute atomic E-state index is 13.2. The second-order valence-corrected chi connectivity index (χ2v) is 7.53. The first-order valence-electron chi connectivity index (χ1n) is 10.8. The van der Waals surface area contributed by atoms with Crippen molar-refractivity contribution in [1.29, 1.82) is 0 Å². The summed E-state index contributed by atoms with van der Waals surface area (Å²) in [6.45, 7) is 13.3. The van der Waals surface area contributed by atoms with Crippen LogP contribution >= 0.6 is 0 Å². The number of rotatable bonds is 10. The van der Waals surface area contributed by atoms with E-state index in [0.29, 0.717) is 33.7 Å². The summed E-state index contributed by atoms with van der Waals surface area (Å²) in [5.74, 6) is -0.536. The van der Waals surface area contributed by atoms with Gasteiger partial charge in [-0.05, 0) is 43.1 Å². The summed E-state index contributed by atoms with van der Waals surface area (Å²) in [6.07, 6.45) is 12.9. The van der Waals surface area contributed by atoms with Crippen LogP contribution in [0.15, 0.2) is 78.1 Å². The van der Waals surface area contributed by atoms with Crippen LogP contribution in [0.25, 0.3) is 11.1 Å². The van der Waals surface area contributed by atoms with Gasteiger partial charge in [0.2, 0.25) is 5.91 Å². The fraction of sp³-hybridized carbons (Fsp3) is 0.240. The summed E-state index contributed by atoms with van der Waals surface area (Å²) in [4.78, 5) is 33.4. The lowest BCUT2D eigenvalue weighted by atomic mass is 9.97. The lowest BCUT2D eigenvalue weighted by Gasteiger charge is -2.16. The van der Waals surface area contributed by atoms with E-state index in [1.807, 2.05) is 6.92 Å². The Kier molecular flexibility index (Phi) is 9.25. The molecule has 0 bridgehead atoms. The minimum atomic E-state index is -0.374. The molecular weight excluding hydrogens is 430 g/mol. The van der Waals surface area contributed by atoms with Crippen LogP contribution in [0.5, 0.6) is 0 Å². The van der Waals surface area contributed by atoms with Gasteiger partial charge in [-0.1, -0.05) is 27.0 Å². The van der Waals surface area contributed by atoms with Crippen LogP contribution in [-0.2, 0) is 4.79 Å². The number of carbonyl (C=O) groups is 2. The third-order valence-electron chi connectivity index (χ3n) is 5.39. The first kappa shape index (κ1) is 26.0. The third-order valence-corrected chi connectivity index (χ3v) is 5.39. The largest absolute Gasteiger partial charge is 0.404 e. The predicted molar refractivity (Wildman–Crippen MR) is 136 cm³/mol. The van der Waals surface area contributed by atoms with E-state index in [1.165, 1.54) is 24.5 Å². The molecule has 0 saturated carbocycles. The Morgan fingerprint density at radius 3 is 2.59 bits per heavy atom. The number of amides is 2. The average Bonchev–Trinajstić information content (AvgIpc) is 3.28. The van der Waals surface area contributed by atoms with Gasteiger partial charge in [0.1, 0.15) is 0 Å². The fourth-order valence-electron chi connectivity index (χ4n) is 3.05. The summed E-state index contributed by atoms with van der Waals surface area (Å²) in [5, 5.41) is 9.93. The van der Waals surface area contributed by atoms with E-state index in [9.17, 15) is 9.59 Å². The summed E-state index contributed by atoms with van der Waals surface area (Å²) >= 11 is 0. The molecule has 34 heavy (non-hydrogen) atoms. The van der Waals surface area contributed by atoms with Crippen LogP contribution in [0.4, 0.5) is 0 Å². The molecule has 2 heterocycles. The summed E-state index contributed by atoms with van der Waals surface area (Å²) < 4.78 is 1.56. The molecule has 0 aliphatic carbocycles. The molecule has 0 fully saturated rings. The Hall–Kier alpha value is -4.27. The normalized spacial score (nSPS) is 14.0. The van der Waals surface area contributed by atoms with E-state index in [2.05, 4.69) is 52.7 Å². The zero-order valence-corrected chi connectivity index (χ0v) is 20.0. The van der Waals surface area contributed by atoms with Crippen molar-refractivity contribution < 1.29 is 9.59 Å². The molecule has 2 aromatic heterocycles. The van der Waals surface area contributed by atoms with Crippen molar-refractivity contribution >= 4 is 29.1 Å². The monoisotopic (exact) mass is 461 g/mol. The van der Waals surface area contributed by atoms with Crippen molar-refractivity contribution in [2.45, 2.75) is 27.2 Å². The molecule has 9 nitrogen and oxygen atoms in total. The second kappa shape index (κ2) is 12.1. The number of nitrogens with one attached hydrogen (secondary N) is 2. The number of hydrogen-bond acceptors (Lipinski definition) is 6. The zero-order chi connectivity index (χ0) is 25.3. The Balaban J connectivity index is 2.46. The number of allylic oxidation sites excluding steroid dienone is 4. The number of aliphatic imine (C=N–C) groups is 1. The minimum absolute atomic E-state index is 0.197. The van der Waals surface area contributed by atoms with Gasteiger partial charge in [0.05, 0.1) is 35.4 Å². The van der Waals surface area contributed by atoms with Crippen molar-refractivity contribution in [1.82, 2.24) is 25.2 Å². The quantitative estimate of drug-likeness (QED) is 0.285. The van der Waals surface area contributed by atoms with E-state index in [1.54, 1.807) is 36.2 Å². The highest BCUT2D eigenvalue weighted by Crippen LogP contribution is 2.20. The molecule has 2 rings (SSSR count). The maximum atomic E-state index is 13.2. The SMILES string of the molecule is C=CC(=O)N/C(C=C)=C/C(NC(=O)c1cnn2cc(/C(C=NC)=C/N)ncc12)=C(/C)C(C)CC. The summed E-state index contributed by atoms with van der Waals surface area (Å²) in [7, 11) is 1.64. The summed E-state index contributed by atoms with van der Waals surface area (Å²) in [5.41, 5.74) is 9.69. The fourth-order valence-corrected chi connectivity index (χ4v) is 3.05. The van der Waals surface area contributed by atoms with Crippen molar-refractivity contribution in [2.75, 3.05) is 7.05 Å². The molecule has 2 aromatic rings. The van der Waals surface area contributed by atoms with Gasteiger partial charge < -0.3 is 16.4 Å². The Morgan fingerprint density at radius 2 is 2.00 bits per heavy atom. The molecule has 0 aromatic carbocycles. The summed E-state index contributed by atoms with van der Waals surface area (Å²) in [6, 6.07) is 0. The molecule has 0 radical (unpaired) electrons. The molecule has 1 atom stereocenters. The van der Waals surface area contributed by atoms with Crippen molar-refractivity contribution in [3.8, 4) is 0 Å². The Labute approximate surface area is 199 Å². The number of nitrogens with two attached hydrogens (primary N) is 1. The van der Waals surface area contributed by atoms with Crippen LogP contribution in [0.1, 0.15) is 43.2 Å². The van der Waals surface area contributed by atoms with Gasteiger partial charge in [-0.3, -0.25) is 19.6 Å². The van der Waals surface area contributed by atoms with Gasteiger partial charge in [0.15, 0.2) is 0 Å². The van der Waals surface area contributed by atoms with Crippen LogP contribution in [-0.4, -0.2) is 39.7 Å². The highest BCUT2D eigenvalue weighted by atomic mass is 16.2. The highest BCUT2D eigenvalue weighted by molar-refractivity contribution is 6.09. The van der Waals surface area contributed by atoms with E-state index < -0.39 is 0 Å². The maximum Gasteiger partial charge on any atom is 0.259 e. The Bertz CT molecular complexity index is 1220. The zero-order valence-electron chi connectivity index (χ0n) is 20.0. The molecule has 0 spiro atoms. The number of nitrogens with zero attached hydrogens (tertiary/aromatic N) is 4. The minimum Gasteiger partial charge on any atom is -0.404 e.